The van der Waals surface area contributed by atoms with E-state index in [1.165, 1.54) is 27.8 Å². The first-order valence-electron chi connectivity index (χ1n) is 5.79. The quantitative estimate of drug-likeness (QED) is 0.904. The maximum atomic E-state index is 12.6. The van der Waals surface area contributed by atoms with Crippen molar-refractivity contribution in [3.8, 4) is 0 Å². The monoisotopic (exact) mass is 331 g/mol. The van der Waals surface area contributed by atoms with Gasteiger partial charge in [0.1, 0.15) is 16.3 Å². The summed E-state index contributed by atoms with van der Waals surface area (Å²) in [6.45, 7) is 4.50. The molecule has 21 heavy (non-hydrogen) atoms. The summed E-state index contributed by atoms with van der Waals surface area (Å²) in [6, 6.07) is 0. The molecule has 0 atom stereocenters. The second-order valence-electron chi connectivity index (χ2n) is 4.38. The number of rotatable bonds is 4. The summed E-state index contributed by atoms with van der Waals surface area (Å²) in [6.07, 6.45) is 0. The standard InChI is InChI=1S/C11H13N3O5S2/c1-5-8(11(15)16)10(20-13-5)14(4)21(17,18)9-6(2)12-19-7(9)3/h1-4H3,(H,15,16). The van der Waals surface area contributed by atoms with Gasteiger partial charge in [-0.3, -0.25) is 4.31 Å². The van der Waals surface area contributed by atoms with Crippen molar-refractivity contribution in [1.82, 2.24) is 9.53 Å². The highest BCUT2D eigenvalue weighted by molar-refractivity contribution is 7.93. The van der Waals surface area contributed by atoms with Crippen molar-refractivity contribution in [3.05, 3.63) is 22.7 Å². The first-order valence-corrected chi connectivity index (χ1v) is 8.00. The Labute approximate surface area is 125 Å². The van der Waals surface area contributed by atoms with Gasteiger partial charge in [-0.2, -0.15) is 4.37 Å². The van der Waals surface area contributed by atoms with Crippen LogP contribution in [0.15, 0.2) is 9.42 Å². The van der Waals surface area contributed by atoms with Crippen LogP contribution in [0.4, 0.5) is 5.00 Å². The number of carbonyl (C=O) groups is 1. The minimum absolute atomic E-state index is 0.0417. The third kappa shape index (κ3) is 2.40. The summed E-state index contributed by atoms with van der Waals surface area (Å²) in [5.41, 5.74) is 0.360. The Bertz CT molecular complexity index is 786. The molecule has 2 aromatic rings. The lowest BCUT2D eigenvalue weighted by Crippen LogP contribution is -2.28. The molecule has 0 aliphatic carbocycles. The lowest BCUT2D eigenvalue weighted by molar-refractivity contribution is 0.0697. The SMILES string of the molecule is Cc1nsc(N(C)S(=O)(=O)c2c(C)noc2C)c1C(=O)O. The van der Waals surface area contributed by atoms with E-state index < -0.39 is 16.0 Å². The maximum Gasteiger partial charge on any atom is 0.340 e. The van der Waals surface area contributed by atoms with Crippen LogP contribution in [0.1, 0.15) is 27.5 Å². The van der Waals surface area contributed by atoms with E-state index in [2.05, 4.69) is 9.53 Å². The predicted octanol–water partition coefficient (Wildman–Crippen LogP) is 1.58. The van der Waals surface area contributed by atoms with E-state index in [1.807, 2.05) is 0 Å². The Hall–Kier alpha value is -1.94. The van der Waals surface area contributed by atoms with Gasteiger partial charge in [0, 0.05) is 7.05 Å². The van der Waals surface area contributed by atoms with Crippen molar-refractivity contribution in [2.75, 3.05) is 11.4 Å². The normalized spacial score (nSPS) is 11.6. The van der Waals surface area contributed by atoms with Crippen molar-refractivity contribution in [3.63, 3.8) is 0 Å². The number of anilines is 1. The van der Waals surface area contributed by atoms with E-state index in [-0.39, 0.29) is 32.6 Å². The van der Waals surface area contributed by atoms with Crippen LogP contribution < -0.4 is 4.31 Å². The van der Waals surface area contributed by atoms with Crippen LogP contribution in [0.2, 0.25) is 0 Å². The smallest absolute Gasteiger partial charge is 0.340 e. The summed E-state index contributed by atoms with van der Waals surface area (Å²) >= 11 is 0.813. The van der Waals surface area contributed by atoms with E-state index in [9.17, 15) is 18.3 Å². The molecule has 0 saturated carbocycles. The number of aromatic nitrogens is 2. The Morgan fingerprint density at radius 2 is 1.90 bits per heavy atom. The molecule has 0 radical (unpaired) electrons. The number of carboxylic acids is 1. The zero-order chi connectivity index (χ0) is 15.9. The zero-order valence-electron chi connectivity index (χ0n) is 11.7. The average Bonchev–Trinajstić information content (AvgIpc) is 2.91. The molecule has 2 aromatic heterocycles. The molecule has 8 nitrogen and oxygen atoms in total. The molecule has 10 heteroatoms. The lowest BCUT2D eigenvalue weighted by atomic mass is 10.2. The molecule has 0 aromatic carbocycles. The Balaban J connectivity index is 2.60. The van der Waals surface area contributed by atoms with Gasteiger partial charge in [0.25, 0.3) is 10.0 Å². The summed E-state index contributed by atoms with van der Waals surface area (Å²) in [4.78, 5) is 11.2. The molecule has 1 N–H and O–H groups in total. The van der Waals surface area contributed by atoms with E-state index >= 15 is 0 Å². The molecule has 0 saturated heterocycles. The number of carboxylic acid groups (broad SMARTS) is 1. The van der Waals surface area contributed by atoms with Crippen LogP contribution in [0.3, 0.4) is 0 Å². The van der Waals surface area contributed by atoms with Crippen molar-refractivity contribution >= 4 is 32.5 Å². The van der Waals surface area contributed by atoms with Gasteiger partial charge in [0.2, 0.25) is 0 Å². The third-order valence-corrected chi connectivity index (χ3v) is 6.07. The van der Waals surface area contributed by atoms with Crippen LogP contribution in [0.5, 0.6) is 0 Å². The summed E-state index contributed by atoms with van der Waals surface area (Å²) in [5, 5.41) is 12.9. The number of nitrogens with zero attached hydrogens (tertiary/aromatic N) is 3. The first kappa shape index (κ1) is 15.4. The zero-order valence-corrected chi connectivity index (χ0v) is 13.4. The summed E-state index contributed by atoms with van der Waals surface area (Å²) in [7, 11) is -2.69. The van der Waals surface area contributed by atoms with E-state index in [0.29, 0.717) is 0 Å². The molecule has 114 valence electrons. The second kappa shape index (κ2) is 5.11. The lowest BCUT2D eigenvalue weighted by Gasteiger charge is -2.17. The van der Waals surface area contributed by atoms with Gasteiger partial charge in [-0.1, -0.05) is 5.16 Å². The van der Waals surface area contributed by atoms with Crippen molar-refractivity contribution in [1.29, 1.82) is 0 Å². The summed E-state index contributed by atoms with van der Waals surface area (Å²) in [5.74, 6) is -1.07. The maximum absolute atomic E-state index is 12.6. The van der Waals surface area contributed by atoms with Gasteiger partial charge in [-0.15, -0.1) is 0 Å². The topological polar surface area (TPSA) is 114 Å². The van der Waals surface area contributed by atoms with Crippen LogP contribution in [0.25, 0.3) is 0 Å². The molecule has 0 unspecified atom stereocenters. The van der Waals surface area contributed by atoms with E-state index in [4.69, 9.17) is 4.52 Å². The predicted molar refractivity (Wildman–Crippen MR) is 75.4 cm³/mol. The Morgan fingerprint density at radius 1 is 1.29 bits per heavy atom. The molecule has 2 rings (SSSR count). The van der Waals surface area contributed by atoms with E-state index in [0.717, 1.165) is 15.8 Å². The highest BCUT2D eigenvalue weighted by Gasteiger charge is 2.33. The first-order chi connectivity index (χ1) is 9.67. The minimum Gasteiger partial charge on any atom is -0.478 e. The molecule has 0 fully saturated rings. The number of hydrogen-bond donors (Lipinski definition) is 1. The fourth-order valence-electron chi connectivity index (χ4n) is 1.91. The van der Waals surface area contributed by atoms with Crippen molar-refractivity contribution < 1.29 is 22.8 Å². The van der Waals surface area contributed by atoms with Gasteiger partial charge in [-0.05, 0) is 32.3 Å². The van der Waals surface area contributed by atoms with Gasteiger partial charge in [-0.25, -0.2) is 13.2 Å². The molecule has 0 bridgehead atoms. The van der Waals surface area contributed by atoms with Crippen LogP contribution in [0, 0.1) is 20.8 Å². The van der Waals surface area contributed by atoms with E-state index in [1.54, 1.807) is 0 Å². The number of aromatic carboxylic acids is 1. The summed E-state index contributed by atoms with van der Waals surface area (Å²) < 4.78 is 34.9. The van der Waals surface area contributed by atoms with Crippen LogP contribution >= 0.6 is 11.5 Å². The fraction of sp³-hybridized carbons (Fsp3) is 0.364. The number of sulfonamides is 1. The molecule has 0 spiro atoms. The molecule has 0 amide bonds. The molecular weight excluding hydrogens is 318 g/mol. The van der Waals surface area contributed by atoms with Gasteiger partial charge in [0.15, 0.2) is 10.7 Å². The van der Waals surface area contributed by atoms with Crippen LogP contribution in [-0.2, 0) is 10.0 Å². The molecule has 0 aliphatic rings. The third-order valence-electron chi connectivity index (χ3n) is 2.93. The van der Waals surface area contributed by atoms with Crippen molar-refractivity contribution in [2.24, 2.45) is 0 Å². The Morgan fingerprint density at radius 3 is 2.38 bits per heavy atom. The molecule has 2 heterocycles. The second-order valence-corrected chi connectivity index (χ2v) is 7.04. The van der Waals surface area contributed by atoms with Crippen LogP contribution in [-0.4, -0.2) is 36.1 Å². The number of aryl methyl sites for hydroxylation is 3. The Kier molecular flexibility index (Phi) is 3.76. The average molecular weight is 331 g/mol. The van der Waals surface area contributed by atoms with Gasteiger partial charge >= 0.3 is 5.97 Å². The molecule has 0 aliphatic heterocycles. The largest absolute Gasteiger partial charge is 0.478 e. The van der Waals surface area contributed by atoms with Gasteiger partial charge in [0.05, 0.1) is 5.69 Å². The minimum atomic E-state index is -3.97. The highest BCUT2D eigenvalue weighted by atomic mass is 32.2. The fourth-order valence-corrected chi connectivity index (χ4v) is 4.45. The highest BCUT2D eigenvalue weighted by Crippen LogP contribution is 2.33. The van der Waals surface area contributed by atoms with Crippen molar-refractivity contribution in [2.45, 2.75) is 25.7 Å². The number of hydrogen-bond acceptors (Lipinski definition) is 7. The molecular formula is C11H13N3O5S2. The van der Waals surface area contributed by atoms with Gasteiger partial charge < -0.3 is 9.63 Å².